The first kappa shape index (κ1) is 21.0. The van der Waals surface area contributed by atoms with Crippen LogP contribution in [0.5, 0.6) is 5.75 Å². The van der Waals surface area contributed by atoms with Crippen molar-refractivity contribution in [2.75, 3.05) is 36.1 Å². The number of anilines is 3. The highest BCUT2D eigenvalue weighted by atomic mass is 16.5. The number of ether oxygens (including phenoxy) is 1. The first-order valence-electron chi connectivity index (χ1n) is 10.8. The van der Waals surface area contributed by atoms with Crippen LogP contribution in [0.25, 0.3) is 0 Å². The minimum atomic E-state index is -0.663. The van der Waals surface area contributed by atoms with Crippen molar-refractivity contribution in [3.05, 3.63) is 41.6 Å². The topological polar surface area (TPSA) is 110 Å². The van der Waals surface area contributed by atoms with Crippen molar-refractivity contribution < 1.29 is 14.3 Å². The number of nitrogens with two attached hydrogens (primary N) is 1. The lowest BCUT2D eigenvalue weighted by molar-refractivity contribution is -0.146. The maximum absolute atomic E-state index is 13.2. The Morgan fingerprint density at radius 3 is 2.97 bits per heavy atom. The number of likely N-dealkylation sites (tertiary alicyclic amines) is 1. The van der Waals surface area contributed by atoms with Crippen molar-refractivity contribution in [3.63, 3.8) is 0 Å². The van der Waals surface area contributed by atoms with Gasteiger partial charge in [0.15, 0.2) is 0 Å². The number of pyridine rings is 1. The normalized spacial score (nSPS) is 20.3. The van der Waals surface area contributed by atoms with Crippen LogP contribution in [0.4, 0.5) is 17.2 Å². The molecule has 2 amide bonds. The average molecular weight is 424 g/mol. The molecule has 1 aromatic carbocycles. The fourth-order valence-corrected chi connectivity index (χ4v) is 4.27. The van der Waals surface area contributed by atoms with E-state index in [1.54, 1.807) is 11.0 Å². The summed E-state index contributed by atoms with van der Waals surface area (Å²) in [5.41, 5.74) is 9.08. The number of carbonyl (C=O) groups excluding carboxylic acids is 2. The number of aryl methyl sites for hydroxylation is 1. The first-order valence-corrected chi connectivity index (χ1v) is 10.8. The highest BCUT2D eigenvalue weighted by Gasteiger charge is 2.34. The predicted octanol–water partition coefficient (Wildman–Crippen LogP) is 2.97. The number of aromatic nitrogens is 1. The highest BCUT2D eigenvalue weighted by molar-refractivity contribution is 6.39. The summed E-state index contributed by atoms with van der Waals surface area (Å²) >= 11 is 0. The Balaban J connectivity index is 1.54. The van der Waals surface area contributed by atoms with Crippen LogP contribution in [0.15, 0.2) is 30.5 Å². The summed E-state index contributed by atoms with van der Waals surface area (Å²) in [6.07, 6.45) is 3.96. The molecule has 164 valence electrons. The molecule has 2 atom stereocenters. The average Bonchev–Trinajstić information content (AvgIpc) is 2.79. The third kappa shape index (κ3) is 4.42. The van der Waals surface area contributed by atoms with Crippen LogP contribution >= 0.6 is 0 Å². The summed E-state index contributed by atoms with van der Waals surface area (Å²) in [5.74, 6) is 0.348. The number of rotatable bonds is 3. The van der Waals surface area contributed by atoms with E-state index in [9.17, 15) is 9.59 Å². The van der Waals surface area contributed by atoms with Crippen molar-refractivity contribution in [2.45, 2.75) is 39.2 Å². The van der Waals surface area contributed by atoms with Crippen LogP contribution in [-0.2, 0) is 16.0 Å². The van der Waals surface area contributed by atoms with Crippen molar-refractivity contribution in [2.24, 2.45) is 5.92 Å². The Hall–Kier alpha value is -3.29. The molecular weight excluding hydrogens is 394 g/mol. The molecule has 1 fully saturated rings. The van der Waals surface area contributed by atoms with E-state index in [0.717, 1.165) is 42.0 Å². The van der Waals surface area contributed by atoms with Crippen molar-refractivity contribution in [1.29, 1.82) is 0 Å². The van der Waals surface area contributed by atoms with Gasteiger partial charge < -0.3 is 26.0 Å². The maximum atomic E-state index is 13.2. The summed E-state index contributed by atoms with van der Waals surface area (Å²) < 4.78 is 5.77. The molecule has 2 aliphatic heterocycles. The summed E-state index contributed by atoms with van der Waals surface area (Å²) in [6.45, 7) is 5.98. The van der Waals surface area contributed by atoms with Crippen molar-refractivity contribution >= 4 is 29.0 Å². The van der Waals surface area contributed by atoms with Crippen molar-refractivity contribution in [3.8, 4) is 5.75 Å². The number of hydrogen-bond acceptors (Lipinski definition) is 6. The second kappa shape index (κ2) is 8.83. The predicted molar refractivity (Wildman–Crippen MR) is 120 cm³/mol. The van der Waals surface area contributed by atoms with Gasteiger partial charge in [-0.15, -0.1) is 0 Å². The first-order chi connectivity index (χ1) is 15.0. The fourth-order valence-electron chi connectivity index (χ4n) is 4.27. The lowest BCUT2D eigenvalue weighted by Gasteiger charge is -2.39. The Morgan fingerprint density at radius 2 is 2.16 bits per heavy atom. The Labute approximate surface area is 182 Å². The van der Waals surface area contributed by atoms with Crippen LogP contribution in [-0.4, -0.2) is 41.4 Å². The molecule has 0 spiro atoms. The van der Waals surface area contributed by atoms with Gasteiger partial charge in [0, 0.05) is 13.1 Å². The van der Waals surface area contributed by atoms with Gasteiger partial charge in [0.05, 0.1) is 23.6 Å². The van der Waals surface area contributed by atoms with E-state index in [1.165, 1.54) is 6.20 Å². The summed E-state index contributed by atoms with van der Waals surface area (Å²) in [7, 11) is 0. The Kier molecular flexibility index (Phi) is 5.97. The number of nitrogens with zero attached hydrogens (tertiary/aromatic N) is 2. The number of fused-ring (bicyclic) bond motifs is 1. The fraction of sp³-hybridized carbons (Fsp3) is 0.435. The molecule has 0 saturated carbocycles. The number of amides is 2. The molecule has 0 bridgehead atoms. The molecule has 2 aromatic rings. The van der Waals surface area contributed by atoms with Gasteiger partial charge in [0.25, 0.3) is 0 Å². The van der Waals surface area contributed by atoms with E-state index >= 15 is 0 Å². The van der Waals surface area contributed by atoms with Crippen LogP contribution in [0.2, 0.25) is 0 Å². The third-order valence-electron chi connectivity index (χ3n) is 5.98. The van der Waals surface area contributed by atoms with Crippen molar-refractivity contribution in [1.82, 2.24) is 9.88 Å². The Bertz CT molecular complexity index is 993. The van der Waals surface area contributed by atoms with Gasteiger partial charge in [0.2, 0.25) is 0 Å². The minimum Gasteiger partial charge on any atom is -0.490 e. The second-order valence-electron chi connectivity index (χ2n) is 8.26. The molecule has 4 rings (SSSR count). The standard InChI is InChI=1S/C23H29N5O3/c1-3-15-10-17(12-26-21(15)24)27-22(29)23(30)28-13-14(2)4-7-19(28)16-5-6-18-20(11-16)31-9-8-25-18/h5-6,10-12,14,19,25H,3-4,7-9,13H2,1-2H3,(H2,24,26)(H,27,29)/t14-,19?/m0/s1. The molecule has 8 nitrogen and oxygen atoms in total. The molecule has 0 radical (unpaired) electrons. The second-order valence-corrected chi connectivity index (χ2v) is 8.26. The van der Waals surface area contributed by atoms with Crippen LogP contribution in [0.3, 0.4) is 0 Å². The summed E-state index contributed by atoms with van der Waals surface area (Å²) in [6, 6.07) is 7.57. The highest BCUT2D eigenvalue weighted by Crippen LogP contribution is 2.37. The van der Waals surface area contributed by atoms with Gasteiger partial charge in [-0.25, -0.2) is 4.98 Å². The van der Waals surface area contributed by atoms with E-state index < -0.39 is 11.8 Å². The molecule has 0 aliphatic carbocycles. The molecule has 3 heterocycles. The van der Waals surface area contributed by atoms with E-state index in [2.05, 4.69) is 22.5 Å². The van der Waals surface area contributed by atoms with Crippen LogP contribution in [0.1, 0.15) is 43.9 Å². The van der Waals surface area contributed by atoms with E-state index in [0.29, 0.717) is 37.0 Å². The number of nitrogens with one attached hydrogen (secondary N) is 2. The van der Waals surface area contributed by atoms with E-state index in [1.807, 2.05) is 25.1 Å². The van der Waals surface area contributed by atoms with Gasteiger partial charge in [0.1, 0.15) is 18.2 Å². The number of nitrogen functional groups attached to an aromatic ring is 1. The van der Waals surface area contributed by atoms with Gasteiger partial charge in [-0.1, -0.05) is 19.9 Å². The van der Waals surface area contributed by atoms with Crippen LogP contribution < -0.4 is 21.1 Å². The molecule has 1 unspecified atom stereocenters. The Morgan fingerprint density at radius 1 is 1.32 bits per heavy atom. The lowest BCUT2D eigenvalue weighted by atomic mass is 9.89. The number of hydrogen-bond donors (Lipinski definition) is 3. The molecule has 4 N–H and O–H groups in total. The SMILES string of the molecule is CCc1cc(NC(=O)C(=O)N2C[C@@H](C)CCC2c2ccc3c(c2)OCCN3)cnc1N. The quantitative estimate of drug-likeness (QED) is 0.655. The van der Waals surface area contributed by atoms with E-state index in [-0.39, 0.29) is 6.04 Å². The van der Waals surface area contributed by atoms with Gasteiger partial charge in [-0.3, -0.25) is 9.59 Å². The van der Waals surface area contributed by atoms with Gasteiger partial charge in [-0.2, -0.15) is 0 Å². The smallest absolute Gasteiger partial charge is 0.313 e. The summed E-state index contributed by atoms with van der Waals surface area (Å²) in [4.78, 5) is 31.8. The zero-order valence-electron chi connectivity index (χ0n) is 18.0. The molecule has 1 saturated heterocycles. The molecule has 31 heavy (non-hydrogen) atoms. The maximum Gasteiger partial charge on any atom is 0.313 e. The van der Waals surface area contributed by atoms with Crippen LogP contribution in [0, 0.1) is 5.92 Å². The number of piperidine rings is 1. The van der Waals surface area contributed by atoms with Gasteiger partial charge >= 0.3 is 11.8 Å². The largest absolute Gasteiger partial charge is 0.490 e. The van der Waals surface area contributed by atoms with E-state index in [4.69, 9.17) is 10.5 Å². The molecule has 2 aliphatic rings. The zero-order valence-corrected chi connectivity index (χ0v) is 18.0. The zero-order chi connectivity index (χ0) is 22.0. The summed E-state index contributed by atoms with van der Waals surface area (Å²) in [5, 5.41) is 6.00. The molecule has 8 heteroatoms. The molecular formula is C23H29N5O3. The number of carbonyl (C=O) groups is 2. The molecule has 1 aromatic heterocycles. The monoisotopic (exact) mass is 423 g/mol. The lowest BCUT2D eigenvalue weighted by Crippen LogP contribution is -2.46. The van der Waals surface area contributed by atoms with Gasteiger partial charge in [-0.05, 0) is 54.5 Å². The minimum absolute atomic E-state index is 0.166. The number of benzene rings is 1. The third-order valence-corrected chi connectivity index (χ3v) is 5.98.